The Morgan fingerprint density at radius 3 is 2.57 bits per heavy atom. The lowest BCUT2D eigenvalue weighted by Crippen LogP contribution is -2.33. The Morgan fingerprint density at radius 1 is 1.10 bits per heavy atom. The van der Waals surface area contributed by atoms with Crippen LogP contribution in [0.5, 0.6) is 11.5 Å². The number of phenolic OH excluding ortho intramolecular Hbond substituents is 1. The fraction of sp³-hybridized carbons (Fsp3) is 0.0667. The van der Waals surface area contributed by atoms with Crippen LogP contribution in [-0.2, 0) is 0 Å². The van der Waals surface area contributed by atoms with Crippen molar-refractivity contribution in [3.05, 3.63) is 63.3 Å². The Balaban J connectivity index is 2.48. The molecule has 0 aliphatic heterocycles. The van der Waals surface area contributed by atoms with Gasteiger partial charge in [-0.25, -0.2) is 9.36 Å². The number of hydrogen-bond donors (Lipinski definition) is 2. The van der Waals surface area contributed by atoms with Crippen LogP contribution in [-0.4, -0.2) is 21.8 Å². The number of hydrogen-bond acceptors (Lipinski definition) is 4. The summed E-state index contributed by atoms with van der Waals surface area (Å²) in [5.74, 6) is 0.206. The highest BCUT2D eigenvalue weighted by molar-refractivity contribution is 5.84. The number of para-hydroxylation sites is 2. The molecule has 0 unspecified atom stereocenters. The van der Waals surface area contributed by atoms with E-state index in [0.29, 0.717) is 11.3 Å². The van der Waals surface area contributed by atoms with E-state index in [4.69, 9.17) is 4.74 Å². The molecule has 3 rings (SSSR count). The van der Waals surface area contributed by atoms with Crippen molar-refractivity contribution in [2.24, 2.45) is 0 Å². The van der Waals surface area contributed by atoms with E-state index in [1.807, 2.05) is 0 Å². The molecule has 0 saturated heterocycles. The molecule has 0 radical (unpaired) electrons. The molecule has 0 aliphatic carbocycles. The third-order valence-corrected chi connectivity index (χ3v) is 3.23. The number of rotatable bonds is 2. The Labute approximate surface area is 118 Å². The molecule has 0 aliphatic rings. The molecular formula is C15H12N2O4. The monoisotopic (exact) mass is 284 g/mol. The Hall–Kier alpha value is -3.02. The predicted octanol–water partition coefficient (Wildman–Crippen LogP) is 1.39. The van der Waals surface area contributed by atoms with Gasteiger partial charge in [0.15, 0.2) is 0 Å². The summed E-state index contributed by atoms with van der Waals surface area (Å²) in [6, 6.07) is 11.1. The lowest BCUT2D eigenvalue weighted by atomic mass is 10.2. The molecule has 0 saturated carbocycles. The fourth-order valence-electron chi connectivity index (χ4n) is 2.27. The van der Waals surface area contributed by atoms with Gasteiger partial charge in [0.25, 0.3) is 5.56 Å². The maximum Gasteiger partial charge on any atom is 0.333 e. The second kappa shape index (κ2) is 4.82. The molecule has 1 aromatic heterocycles. The van der Waals surface area contributed by atoms with Crippen LogP contribution < -0.4 is 16.0 Å². The quantitative estimate of drug-likeness (QED) is 0.745. The van der Waals surface area contributed by atoms with E-state index in [0.717, 1.165) is 4.57 Å². The zero-order chi connectivity index (χ0) is 15.0. The number of H-pyrrole nitrogens is 1. The van der Waals surface area contributed by atoms with Gasteiger partial charge in [-0.3, -0.25) is 4.79 Å². The van der Waals surface area contributed by atoms with E-state index in [-0.39, 0.29) is 16.8 Å². The molecule has 0 amide bonds. The van der Waals surface area contributed by atoms with E-state index < -0.39 is 11.2 Å². The molecular weight excluding hydrogens is 272 g/mol. The van der Waals surface area contributed by atoms with Gasteiger partial charge in [0.1, 0.15) is 16.9 Å². The zero-order valence-corrected chi connectivity index (χ0v) is 11.2. The second-order valence-electron chi connectivity index (χ2n) is 4.44. The zero-order valence-electron chi connectivity index (χ0n) is 11.2. The predicted molar refractivity (Wildman–Crippen MR) is 78.4 cm³/mol. The van der Waals surface area contributed by atoms with Crippen molar-refractivity contribution >= 4 is 10.9 Å². The molecule has 21 heavy (non-hydrogen) atoms. The number of nitrogens with zero attached hydrogens (tertiary/aromatic N) is 1. The van der Waals surface area contributed by atoms with Gasteiger partial charge in [-0.2, -0.15) is 0 Å². The van der Waals surface area contributed by atoms with Gasteiger partial charge in [-0.15, -0.1) is 0 Å². The topological polar surface area (TPSA) is 84.3 Å². The molecule has 0 atom stereocenters. The number of ether oxygens (including phenoxy) is 1. The summed E-state index contributed by atoms with van der Waals surface area (Å²) in [5.41, 5.74) is -0.664. The van der Waals surface area contributed by atoms with Gasteiger partial charge < -0.3 is 14.8 Å². The Bertz CT molecular complexity index is 940. The summed E-state index contributed by atoms with van der Waals surface area (Å²) >= 11 is 0. The maximum atomic E-state index is 12.6. The van der Waals surface area contributed by atoms with Crippen LogP contribution in [0.4, 0.5) is 0 Å². The second-order valence-corrected chi connectivity index (χ2v) is 4.44. The highest BCUT2D eigenvalue weighted by Gasteiger charge is 2.14. The van der Waals surface area contributed by atoms with E-state index in [1.165, 1.54) is 19.2 Å². The first-order chi connectivity index (χ1) is 10.1. The highest BCUT2D eigenvalue weighted by Crippen LogP contribution is 2.22. The van der Waals surface area contributed by atoms with E-state index in [1.54, 1.807) is 30.3 Å². The summed E-state index contributed by atoms with van der Waals surface area (Å²) < 4.78 is 6.06. The largest absolute Gasteiger partial charge is 0.506 e. The van der Waals surface area contributed by atoms with Crippen molar-refractivity contribution < 1.29 is 9.84 Å². The summed E-state index contributed by atoms with van der Waals surface area (Å²) in [5, 5.41) is 10.1. The van der Waals surface area contributed by atoms with Crippen LogP contribution in [0.25, 0.3) is 16.6 Å². The number of methoxy groups -OCH3 is 1. The summed E-state index contributed by atoms with van der Waals surface area (Å²) in [6.45, 7) is 0. The van der Waals surface area contributed by atoms with Gasteiger partial charge in [-0.05, 0) is 24.3 Å². The van der Waals surface area contributed by atoms with Crippen LogP contribution in [0.1, 0.15) is 0 Å². The Kier molecular flexibility index (Phi) is 2.98. The molecule has 1 heterocycles. The average Bonchev–Trinajstić information content (AvgIpc) is 2.48. The van der Waals surface area contributed by atoms with Gasteiger partial charge in [0, 0.05) is 0 Å². The van der Waals surface area contributed by atoms with Crippen molar-refractivity contribution in [3.63, 3.8) is 0 Å². The van der Waals surface area contributed by atoms with Crippen molar-refractivity contribution in [1.82, 2.24) is 9.55 Å². The smallest absolute Gasteiger partial charge is 0.333 e. The highest BCUT2D eigenvalue weighted by atomic mass is 16.5. The molecule has 106 valence electrons. The van der Waals surface area contributed by atoms with E-state index >= 15 is 0 Å². The molecule has 6 heteroatoms. The number of aromatic nitrogens is 2. The average molecular weight is 284 g/mol. The summed E-state index contributed by atoms with van der Waals surface area (Å²) in [6.07, 6.45) is 0. The first-order valence-corrected chi connectivity index (χ1v) is 6.24. The number of aromatic hydroxyl groups is 1. The maximum absolute atomic E-state index is 12.6. The SMILES string of the molecule is COc1cccc2[nH]c(=O)n(-c3ccccc3O)c(=O)c12. The number of phenols is 1. The Morgan fingerprint density at radius 2 is 1.86 bits per heavy atom. The van der Waals surface area contributed by atoms with Gasteiger partial charge in [0.2, 0.25) is 0 Å². The molecule has 6 nitrogen and oxygen atoms in total. The molecule has 0 fully saturated rings. The van der Waals surface area contributed by atoms with Gasteiger partial charge >= 0.3 is 5.69 Å². The number of aromatic amines is 1. The van der Waals surface area contributed by atoms with Crippen LogP contribution in [0.15, 0.2) is 52.1 Å². The van der Waals surface area contributed by atoms with Crippen molar-refractivity contribution in [2.75, 3.05) is 7.11 Å². The van der Waals surface area contributed by atoms with Crippen LogP contribution >= 0.6 is 0 Å². The number of fused-ring (bicyclic) bond motifs is 1. The first-order valence-electron chi connectivity index (χ1n) is 6.24. The normalized spacial score (nSPS) is 10.7. The minimum atomic E-state index is -0.623. The molecule has 2 aromatic carbocycles. The number of nitrogens with one attached hydrogen (secondary N) is 1. The third-order valence-electron chi connectivity index (χ3n) is 3.23. The van der Waals surface area contributed by atoms with Crippen molar-refractivity contribution in [3.8, 4) is 17.2 Å². The summed E-state index contributed by atoms with van der Waals surface area (Å²) in [7, 11) is 1.45. The summed E-state index contributed by atoms with van der Waals surface area (Å²) in [4.78, 5) is 27.4. The van der Waals surface area contributed by atoms with Crippen molar-refractivity contribution in [1.29, 1.82) is 0 Å². The first kappa shape index (κ1) is 13.0. The lowest BCUT2D eigenvalue weighted by Gasteiger charge is -2.09. The van der Waals surface area contributed by atoms with Gasteiger partial charge in [-0.1, -0.05) is 18.2 Å². The minimum absolute atomic E-state index is 0.122. The lowest BCUT2D eigenvalue weighted by molar-refractivity contribution is 0.419. The van der Waals surface area contributed by atoms with Crippen LogP contribution in [0.2, 0.25) is 0 Å². The standard InChI is InChI=1S/C15H12N2O4/c1-21-12-8-4-5-9-13(12)14(19)17(15(20)16-9)10-6-2-3-7-11(10)18/h2-8,18H,1H3,(H,16,20). The third kappa shape index (κ3) is 1.97. The molecule has 0 bridgehead atoms. The van der Waals surface area contributed by atoms with Crippen molar-refractivity contribution in [2.45, 2.75) is 0 Å². The van der Waals surface area contributed by atoms with Gasteiger partial charge in [0.05, 0.1) is 18.3 Å². The van der Waals surface area contributed by atoms with E-state index in [2.05, 4.69) is 4.98 Å². The number of benzene rings is 2. The molecule has 3 aromatic rings. The van der Waals surface area contributed by atoms with Crippen LogP contribution in [0, 0.1) is 0 Å². The fourth-order valence-corrected chi connectivity index (χ4v) is 2.27. The molecule has 0 spiro atoms. The minimum Gasteiger partial charge on any atom is -0.506 e. The van der Waals surface area contributed by atoms with E-state index in [9.17, 15) is 14.7 Å². The molecule has 2 N–H and O–H groups in total. The van der Waals surface area contributed by atoms with Crippen LogP contribution in [0.3, 0.4) is 0 Å².